The lowest BCUT2D eigenvalue weighted by Gasteiger charge is -2.08. The van der Waals surface area contributed by atoms with Crippen molar-refractivity contribution in [3.05, 3.63) is 52.3 Å². The fourth-order valence-corrected chi connectivity index (χ4v) is 1.22. The van der Waals surface area contributed by atoms with Crippen molar-refractivity contribution in [1.82, 2.24) is 0 Å². The molecule has 0 bridgehead atoms. The smallest absolute Gasteiger partial charge is 0.305 e. The van der Waals surface area contributed by atoms with Crippen LogP contribution in [0.15, 0.2) is 30.9 Å². The van der Waals surface area contributed by atoms with Crippen molar-refractivity contribution >= 4 is 18.1 Å². The molecule has 0 saturated heterocycles. The minimum Gasteiger partial charge on any atom is -0.324 e. The van der Waals surface area contributed by atoms with Gasteiger partial charge >= 0.3 is 5.69 Å². The van der Waals surface area contributed by atoms with E-state index in [1.165, 1.54) is 6.07 Å². The van der Waals surface area contributed by atoms with Crippen LogP contribution in [0.1, 0.15) is 18.0 Å². The Hall–Kier alpha value is -1.46. The van der Waals surface area contributed by atoms with Crippen LogP contribution < -0.4 is 5.73 Å². The van der Waals surface area contributed by atoms with Crippen molar-refractivity contribution in [2.75, 3.05) is 0 Å². The molecule has 0 heterocycles. The number of halogens is 2. The van der Waals surface area contributed by atoms with Crippen LogP contribution in [0.25, 0.3) is 0 Å². The molecule has 0 spiro atoms. The summed E-state index contributed by atoms with van der Waals surface area (Å²) >= 11 is 0. The van der Waals surface area contributed by atoms with Gasteiger partial charge in [-0.05, 0) is 18.1 Å². The summed E-state index contributed by atoms with van der Waals surface area (Å²) in [6.45, 7) is 3.51. The summed E-state index contributed by atoms with van der Waals surface area (Å²) in [6.07, 6.45) is 2.10. The average molecular weight is 247 g/mol. The summed E-state index contributed by atoms with van der Waals surface area (Å²) in [5.74, 6) is -0.852. The Morgan fingerprint density at radius 3 is 2.75 bits per heavy atom. The van der Waals surface area contributed by atoms with Gasteiger partial charge in [0.25, 0.3) is 0 Å². The van der Waals surface area contributed by atoms with Gasteiger partial charge < -0.3 is 5.73 Å². The zero-order chi connectivity index (χ0) is 11.4. The van der Waals surface area contributed by atoms with Crippen LogP contribution in [0.2, 0.25) is 0 Å². The summed E-state index contributed by atoms with van der Waals surface area (Å²) in [4.78, 5) is 9.69. The van der Waals surface area contributed by atoms with E-state index in [0.717, 1.165) is 12.1 Å². The molecule has 1 rings (SSSR count). The Morgan fingerprint density at radius 2 is 2.25 bits per heavy atom. The zero-order valence-corrected chi connectivity index (χ0v) is 9.24. The molecule has 2 N–H and O–H groups in total. The van der Waals surface area contributed by atoms with Crippen LogP contribution in [0.3, 0.4) is 0 Å². The summed E-state index contributed by atoms with van der Waals surface area (Å²) in [5, 5.41) is 10.5. The topological polar surface area (TPSA) is 69.2 Å². The molecule has 0 amide bonds. The van der Waals surface area contributed by atoms with Gasteiger partial charge in [0.1, 0.15) is 0 Å². The molecule has 0 saturated carbocycles. The van der Waals surface area contributed by atoms with E-state index < -0.39 is 16.4 Å². The lowest BCUT2D eigenvalue weighted by Crippen LogP contribution is -2.09. The van der Waals surface area contributed by atoms with Gasteiger partial charge in [-0.25, -0.2) is 0 Å². The number of hydrogen-bond acceptors (Lipinski definition) is 3. The van der Waals surface area contributed by atoms with Gasteiger partial charge in [-0.3, -0.25) is 10.1 Å². The Balaban J connectivity index is 0.00000225. The van der Waals surface area contributed by atoms with Gasteiger partial charge in [-0.2, -0.15) is 4.39 Å². The quantitative estimate of drug-likeness (QED) is 0.505. The predicted octanol–water partition coefficient (Wildman–Crippen LogP) is 2.73. The van der Waals surface area contributed by atoms with Crippen LogP contribution in [-0.4, -0.2) is 4.92 Å². The summed E-state index contributed by atoms with van der Waals surface area (Å²) in [5.41, 5.74) is 5.69. The van der Waals surface area contributed by atoms with Gasteiger partial charge in [0.05, 0.1) is 4.92 Å². The molecule has 0 aliphatic carbocycles. The maximum absolute atomic E-state index is 13.0. The fourth-order valence-electron chi connectivity index (χ4n) is 1.22. The first kappa shape index (κ1) is 14.5. The van der Waals surface area contributed by atoms with Crippen molar-refractivity contribution in [2.45, 2.75) is 12.5 Å². The van der Waals surface area contributed by atoms with E-state index in [1.54, 1.807) is 6.08 Å². The third-order valence-electron chi connectivity index (χ3n) is 2.02. The first-order valence-corrected chi connectivity index (χ1v) is 4.36. The summed E-state index contributed by atoms with van der Waals surface area (Å²) in [7, 11) is 0. The van der Waals surface area contributed by atoms with E-state index >= 15 is 0 Å². The molecule has 0 aromatic heterocycles. The number of nitro benzene ring substituents is 1. The van der Waals surface area contributed by atoms with Crippen LogP contribution >= 0.6 is 12.4 Å². The van der Waals surface area contributed by atoms with Gasteiger partial charge in [0.15, 0.2) is 0 Å². The van der Waals surface area contributed by atoms with Crippen molar-refractivity contribution in [1.29, 1.82) is 0 Å². The maximum atomic E-state index is 13.0. The standard InChI is InChI=1S/C10H11FN2O2.ClH/c1-2-3-9(12)7-4-5-8(11)10(6-7)13(14)15;/h2,4-6,9H,1,3,12H2;1H/t9-;/m0./s1. The van der Waals surface area contributed by atoms with Crippen LogP contribution in [0, 0.1) is 15.9 Å². The molecule has 0 aliphatic rings. The fraction of sp³-hybridized carbons (Fsp3) is 0.200. The second kappa shape index (κ2) is 6.19. The number of nitro groups is 1. The number of nitrogens with two attached hydrogens (primary N) is 1. The maximum Gasteiger partial charge on any atom is 0.305 e. The lowest BCUT2D eigenvalue weighted by atomic mass is 10.0. The molecule has 88 valence electrons. The first-order valence-electron chi connectivity index (χ1n) is 4.36. The average Bonchev–Trinajstić information content (AvgIpc) is 2.18. The number of benzene rings is 1. The van der Waals surface area contributed by atoms with E-state index in [2.05, 4.69) is 6.58 Å². The Bertz CT molecular complexity index is 398. The minimum absolute atomic E-state index is 0. The van der Waals surface area contributed by atoms with E-state index in [9.17, 15) is 14.5 Å². The number of nitrogens with zero attached hydrogens (tertiary/aromatic N) is 1. The Labute approximate surface area is 98.5 Å². The molecule has 0 aliphatic heterocycles. The molecule has 0 unspecified atom stereocenters. The normalized spacial score (nSPS) is 11.4. The molecular formula is C10H12ClFN2O2. The minimum atomic E-state index is -0.852. The predicted molar refractivity (Wildman–Crippen MR) is 62.0 cm³/mol. The number of rotatable bonds is 4. The molecule has 16 heavy (non-hydrogen) atoms. The van der Waals surface area contributed by atoms with Gasteiger partial charge in [0, 0.05) is 12.1 Å². The Kier molecular flexibility index (Phi) is 5.63. The largest absolute Gasteiger partial charge is 0.324 e. The molecular weight excluding hydrogens is 235 g/mol. The molecule has 1 atom stereocenters. The summed E-state index contributed by atoms with van der Waals surface area (Å²) < 4.78 is 13.0. The van der Waals surface area contributed by atoms with Crippen molar-refractivity contribution in [2.24, 2.45) is 5.73 Å². The van der Waals surface area contributed by atoms with Gasteiger partial charge in [-0.1, -0.05) is 12.1 Å². The summed E-state index contributed by atoms with van der Waals surface area (Å²) in [6, 6.07) is 3.26. The highest BCUT2D eigenvalue weighted by Crippen LogP contribution is 2.23. The van der Waals surface area contributed by atoms with E-state index in [0.29, 0.717) is 12.0 Å². The highest BCUT2D eigenvalue weighted by molar-refractivity contribution is 5.85. The van der Waals surface area contributed by atoms with Gasteiger partial charge in [0.2, 0.25) is 5.82 Å². The third-order valence-corrected chi connectivity index (χ3v) is 2.02. The van der Waals surface area contributed by atoms with E-state index in [-0.39, 0.29) is 18.4 Å². The second-order valence-corrected chi connectivity index (χ2v) is 3.10. The van der Waals surface area contributed by atoms with Crippen molar-refractivity contribution in [3.63, 3.8) is 0 Å². The molecule has 1 aromatic rings. The molecule has 0 fully saturated rings. The Morgan fingerprint density at radius 1 is 1.62 bits per heavy atom. The van der Waals surface area contributed by atoms with Crippen molar-refractivity contribution < 1.29 is 9.31 Å². The van der Waals surface area contributed by atoms with Crippen LogP contribution in [-0.2, 0) is 0 Å². The molecule has 1 aromatic carbocycles. The third kappa shape index (κ3) is 3.29. The molecule has 4 nitrogen and oxygen atoms in total. The van der Waals surface area contributed by atoms with Crippen LogP contribution in [0.5, 0.6) is 0 Å². The van der Waals surface area contributed by atoms with Crippen molar-refractivity contribution in [3.8, 4) is 0 Å². The second-order valence-electron chi connectivity index (χ2n) is 3.10. The number of hydrogen-bond donors (Lipinski definition) is 1. The molecule has 6 heteroatoms. The zero-order valence-electron chi connectivity index (χ0n) is 8.43. The van der Waals surface area contributed by atoms with Gasteiger partial charge in [-0.15, -0.1) is 19.0 Å². The van der Waals surface area contributed by atoms with Crippen LogP contribution in [0.4, 0.5) is 10.1 Å². The highest BCUT2D eigenvalue weighted by atomic mass is 35.5. The SMILES string of the molecule is C=CC[C@H](N)c1ccc(F)c([N+](=O)[O-])c1.Cl. The monoisotopic (exact) mass is 246 g/mol. The van der Waals surface area contributed by atoms with E-state index in [4.69, 9.17) is 5.73 Å². The molecule has 0 radical (unpaired) electrons. The highest BCUT2D eigenvalue weighted by Gasteiger charge is 2.16. The van der Waals surface area contributed by atoms with E-state index in [1.807, 2.05) is 0 Å². The first-order chi connectivity index (χ1) is 7.06. The lowest BCUT2D eigenvalue weighted by molar-refractivity contribution is -0.387.